The lowest BCUT2D eigenvalue weighted by Gasteiger charge is -2.28. The second kappa shape index (κ2) is 31.4. The number of aliphatic hydroxyl groups excluding tert-OH is 1. The van der Waals surface area contributed by atoms with Crippen molar-refractivity contribution in [1.82, 2.24) is 37.2 Å². The van der Waals surface area contributed by atoms with Gasteiger partial charge in [-0.2, -0.15) is 12.6 Å². The number of benzene rings is 1. The molecule has 0 aliphatic carbocycles. The fourth-order valence-electron chi connectivity index (χ4n) is 6.57. The summed E-state index contributed by atoms with van der Waals surface area (Å²) in [5, 5.41) is 46.5. The zero-order chi connectivity index (χ0) is 53.2. The van der Waals surface area contributed by atoms with E-state index in [9.17, 15) is 63.3 Å². The van der Waals surface area contributed by atoms with Crippen LogP contribution in [-0.4, -0.2) is 148 Å². The van der Waals surface area contributed by atoms with E-state index in [-0.39, 0.29) is 74.4 Å². The summed E-state index contributed by atoms with van der Waals surface area (Å²) in [6.07, 6.45) is -1.68. The first-order valence-corrected chi connectivity index (χ1v) is 23.1. The summed E-state index contributed by atoms with van der Waals surface area (Å²) in [5.41, 5.74) is 27.6. The van der Waals surface area contributed by atoms with Crippen LogP contribution in [0.15, 0.2) is 29.3 Å². The molecule has 0 aliphatic rings. The molecule has 392 valence electrons. The molecule has 0 unspecified atom stereocenters. The van der Waals surface area contributed by atoms with Gasteiger partial charge >= 0.3 is 5.97 Å². The van der Waals surface area contributed by atoms with E-state index in [4.69, 9.17) is 28.7 Å². The summed E-state index contributed by atoms with van der Waals surface area (Å²) >= 11 is 4.14. The number of thiol groups is 1. The number of carbonyl (C=O) groups is 10. The average molecular weight is 1010 g/mol. The molecule has 0 bridgehead atoms. The van der Waals surface area contributed by atoms with E-state index in [1.54, 1.807) is 13.8 Å². The molecule has 0 aliphatic heterocycles. The van der Waals surface area contributed by atoms with Gasteiger partial charge in [-0.1, -0.05) is 39.8 Å². The van der Waals surface area contributed by atoms with Crippen LogP contribution in [0.5, 0.6) is 5.75 Å². The van der Waals surface area contributed by atoms with E-state index >= 15 is 0 Å². The lowest BCUT2D eigenvalue weighted by molar-refractivity contribution is -0.142. The number of primary amides is 2. The van der Waals surface area contributed by atoms with Gasteiger partial charge in [0.25, 0.3) is 0 Å². The van der Waals surface area contributed by atoms with Gasteiger partial charge in [0.05, 0.1) is 12.6 Å². The Labute approximate surface area is 411 Å². The van der Waals surface area contributed by atoms with Crippen molar-refractivity contribution in [3.63, 3.8) is 0 Å². The number of nitrogens with zero attached hydrogens (tertiary/aromatic N) is 1. The van der Waals surface area contributed by atoms with Crippen molar-refractivity contribution in [3.05, 3.63) is 29.8 Å². The number of aliphatic imine (C=N–C) groups is 1. The van der Waals surface area contributed by atoms with Gasteiger partial charge < -0.3 is 81.2 Å². The van der Waals surface area contributed by atoms with Crippen LogP contribution in [0.25, 0.3) is 0 Å². The number of hydrogen-bond acceptors (Lipinski definition) is 15. The number of nitrogens with one attached hydrogen (secondary N) is 7. The van der Waals surface area contributed by atoms with Crippen LogP contribution in [0.1, 0.15) is 84.6 Å². The number of nitrogens with two attached hydrogens (primary N) is 5. The zero-order valence-electron chi connectivity index (χ0n) is 39.8. The van der Waals surface area contributed by atoms with Crippen LogP contribution in [-0.2, 0) is 54.4 Å². The Morgan fingerprint density at radius 2 is 0.986 bits per heavy atom. The second-order valence-electron chi connectivity index (χ2n) is 17.3. The summed E-state index contributed by atoms with van der Waals surface area (Å²) in [6.45, 7) is 6.27. The van der Waals surface area contributed by atoms with Gasteiger partial charge in [-0.15, -0.1) is 0 Å². The molecule has 0 fully saturated rings. The van der Waals surface area contributed by atoms with Gasteiger partial charge in [-0.3, -0.25) is 48.1 Å². The van der Waals surface area contributed by atoms with Crippen molar-refractivity contribution in [2.24, 2.45) is 45.5 Å². The predicted molar refractivity (Wildman–Crippen MR) is 258 cm³/mol. The quantitative estimate of drug-likeness (QED) is 0.0136. The summed E-state index contributed by atoms with van der Waals surface area (Å²) in [7, 11) is 0. The lowest BCUT2D eigenvalue weighted by atomic mass is 9.99. The smallest absolute Gasteiger partial charge is 0.326 e. The van der Waals surface area contributed by atoms with Crippen LogP contribution in [0.3, 0.4) is 0 Å². The first kappa shape index (κ1) is 61.3. The molecule has 0 aromatic heterocycles. The number of amides is 9. The minimum absolute atomic E-state index is 0.0411. The summed E-state index contributed by atoms with van der Waals surface area (Å²) < 4.78 is 0. The number of aromatic hydroxyl groups is 1. The highest BCUT2D eigenvalue weighted by atomic mass is 32.1. The van der Waals surface area contributed by atoms with Gasteiger partial charge in [0.2, 0.25) is 53.2 Å². The highest BCUT2D eigenvalue weighted by molar-refractivity contribution is 7.80. The first-order chi connectivity index (χ1) is 32.8. The number of carboxylic acids is 1. The normalized spacial score (nSPS) is 14.5. The zero-order valence-corrected chi connectivity index (χ0v) is 40.7. The van der Waals surface area contributed by atoms with Crippen molar-refractivity contribution in [2.75, 3.05) is 18.9 Å². The largest absolute Gasteiger partial charge is 0.508 e. The summed E-state index contributed by atoms with van der Waals surface area (Å²) in [6, 6.07) is -6.04. The van der Waals surface area contributed by atoms with Gasteiger partial charge in [0, 0.05) is 31.6 Å². The van der Waals surface area contributed by atoms with Crippen molar-refractivity contribution in [3.8, 4) is 5.75 Å². The number of aliphatic hydroxyl groups is 1. The Balaban J connectivity index is 3.49. The number of aliphatic carboxylic acids is 1. The lowest BCUT2D eigenvalue weighted by Crippen LogP contribution is -2.61. The SMILES string of the molecule is CC(C)C[C@H](NC(=O)[C@H](CCC(N)=O)NC(=O)[C@H](CS)NC(=O)[C@@H](CO)NC(=O)[C@@H](N)CC(C)C)C(=O)N[C@@H](Cc1ccc(O)cc1)C(=O)N[C@@H](CCC(N)=O)C(=O)N[C@@H](CCCN=C(N)N)C(=O)O. The topological polar surface area (TPSA) is 458 Å². The van der Waals surface area contributed by atoms with E-state index in [1.807, 2.05) is 13.8 Å². The van der Waals surface area contributed by atoms with Crippen LogP contribution >= 0.6 is 12.6 Å². The molecule has 1 aromatic carbocycles. The molecule has 0 saturated carbocycles. The van der Waals surface area contributed by atoms with Gasteiger partial charge in [0.1, 0.15) is 48.0 Å². The maximum Gasteiger partial charge on any atom is 0.326 e. The first-order valence-electron chi connectivity index (χ1n) is 22.5. The molecule has 9 amide bonds. The maximum absolute atomic E-state index is 14.2. The van der Waals surface area contributed by atoms with Crippen molar-refractivity contribution < 1.29 is 63.3 Å². The molecule has 8 atom stereocenters. The Kier molecular flexibility index (Phi) is 27.5. The maximum atomic E-state index is 14.2. The number of rotatable bonds is 33. The Morgan fingerprint density at radius 1 is 0.571 bits per heavy atom. The number of phenolic OH excluding ortho intramolecular Hbond substituents is 1. The van der Waals surface area contributed by atoms with Gasteiger partial charge in [-0.25, -0.2) is 4.79 Å². The van der Waals surface area contributed by atoms with Gasteiger partial charge in [0.15, 0.2) is 5.96 Å². The minimum atomic E-state index is -1.56. The number of hydrogen-bond donors (Lipinski definition) is 16. The Morgan fingerprint density at radius 3 is 1.44 bits per heavy atom. The summed E-state index contributed by atoms with van der Waals surface area (Å²) in [4.78, 5) is 135. The van der Waals surface area contributed by atoms with Crippen molar-refractivity contribution in [1.29, 1.82) is 0 Å². The average Bonchev–Trinajstić information content (AvgIpc) is 3.27. The third kappa shape index (κ3) is 24.0. The van der Waals surface area contributed by atoms with Crippen LogP contribution in [0.2, 0.25) is 0 Å². The van der Waals surface area contributed by atoms with Crippen LogP contribution < -0.4 is 65.9 Å². The summed E-state index contributed by atoms with van der Waals surface area (Å²) in [5.74, 6) is -10.7. The standard InChI is InChI=1S/C43H71N13O13S/c1-21(2)16-25(44)35(61)55-31(19-57)40(66)56-32(20-70)41(67)51-27(12-14-34(46)60)37(63)53-29(17-22(3)4)38(64)54-30(18-23-7-9-24(58)10-8-23)39(65)50-26(11-13-33(45)59)36(62)52-28(42(68)69)6-5-15-49-43(47)48/h7-10,21-22,25-32,57-58,70H,5-6,11-20,44H2,1-4H3,(H2,45,59)(H2,46,60)(H,50,65)(H,51,67)(H,52,62)(H,53,63)(H,54,64)(H,55,61)(H,56,66)(H,68,69)(H4,47,48,49)/t25-,26-,27-,28-,29-,30-,31+,32-/m0/s1. The third-order valence-electron chi connectivity index (χ3n) is 10.2. The number of carboxylic acid groups (broad SMARTS) is 1. The molecule has 0 saturated heterocycles. The molecule has 27 heteroatoms. The molecule has 0 spiro atoms. The van der Waals surface area contributed by atoms with Crippen LogP contribution in [0, 0.1) is 11.8 Å². The molecule has 0 radical (unpaired) electrons. The monoisotopic (exact) mass is 1010 g/mol. The van der Waals surface area contributed by atoms with E-state index in [2.05, 4.69) is 54.8 Å². The molecule has 0 heterocycles. The van der Waals surface area contributed by atoms with E-state index < -0.39 is 133 Å². The number of carbonyl (C=O) groups excluding carboxylic acids is 9. The highest BCUT2D eigenvalue weighted by Crippen LogP contribution is 2.14. The molecule has 20 N–H and O–H groups in total. The predicted octanol–water partition coefficient (Wildman–Crippen LogP) is -4.66. The molecular formula is C43H71N13O13S. The van der Waals surface area contributed by atoms with Gasteiger partial charge in [-0.05, 0) is 68.1 Å². The number of guanidine groups is 1. The molecular weight excluding hydrogens is 939 g/mol. The highest BCUT2D eigenvalue weighted by Gasteiger charge is 2.35. The Hall–Kier alpha value is -6.74. The molecule has 70 heavy (non-hydrogen) atoms. The van der Waals surface area contributed by atoms with Crippen molar-refractivity contribution >= 4 is 77.7 Å². The number of phenols is 1. The molecule has 26 nitrogen and oxygen atoms in total. The third-order valence-corrected chi connectivity index (χ3v) is 10.6. The minimum Gasteiger partial charge on any atom is -0.508 e. The van der Waals surface area contributed by atoms with E-state index in [0.29, 0.717) is 5.56 Å². The van der Waals surface area contributed by atoms with E-state index in [1.165, 1.54) is 24.3 Å². The van der Waals surface area contributed by atoms with Crippen molar-refractivity contribution in [2.45, 2.75) is 134 Å². The fraction of sp³-hybridized carbons (Fsp3) is 0.605. The second-order valence-corrected chi connectivity index (χ2v) is 17.7. The molecule has 1 aromatic rings. The molecule has 1 rings (SSSR count). The van der Waals surface area contributed by atoms with Crippen LogP contribution in [0.4, 0.5) is 0 Å². The fourth-order valence-corrected chi connectivity index (χ4v) is 6.82. The van der Waals surface area contributed by atoms with E-state index in [0.717, 1.165) is 0 Å². The Bertz CT molecular complexity index is 1990.